The Balaban J connectivity index is 0.00000144. The molecule has 80 valence electrons. The van der Waals surface area contributed by atoms with Crippen LogP contribution in [0.3, 0.4) is 0 Å². The van der Waals surface area contributed by atoms with E-state index in [4.69, 9.17) is 0 Å². The van der Waals surface area contributed by atoms with E-state index in [1.807, 2.05) is 21.1 Å². The Morgan fingerprint density at radius 1 is 1.31 bits per heavy atom. The molecule has 13 heavy (non-hydrogen) atoms. The minimum atomic E-state index is -2.74. The number of hydrogen-bond donors (Lipinski definition) is 0. The summed E-state index contributed by atoms with van der Waals surface area (Å²) in [5, 5.41) is -0.0856. The molecule has 5 heteroatoms. The Morgan fingerprint density at radius 3 is 2.15 bits per heavy atom. The fourth-order valence-corrected chi connectivity index (χ4v) is 3.78. The molecule has 1 fully saturated rings. The molecule has 0 aliphatic carbocycles. The van der Waals surface area contributed by atoms with Gasteiger partial charge in [-0.05, 0) is 12.8 Å². The molecule has 0 aromatic rings. The Morgan fingerprint density at radius 2 is 1.85 bits per heavy atom. The molecule has 1 rings (SSSR count). The summed E-state index contributed by atoms with van der Waals surface area (Å²) in [7, 11) is 3.37. The van der Waals surface area contributed by atoms with Crippen LogP contribution in [0.2, 0.25) is 0 Å². The van der Waals surface area contributed by atoms with Crippen LogP contribution in [-0.4, -0.2) is 51.6 Å². The van der Waals surface area contributed by atoms with Gasteiger partial charge in [-0.25, -0.2) is 8.42 Å². The van der Waals surface area contributed by atoms with Gasteiger partial charge in [0, 0.05) is 0 Å². The van der Waals surface area contributed by atoms with Crippen molar-refractivity contribution < 1.29 is 36.9 Å². The van der Waals surface area contributed by atoms with E-state index in [1.165, 1.54) is 0 Å². The number of halogens is 1. The zero-order chi connectivity index (χ0) is 9.41. The van der Waals surface area contributed by atoms with Gasteiger partial charge in [0.15, 0.2) is 9.84 Å². The van der Waals surface area contributed by atoms with Gasteiger partial charge in [0.05, 0.1) is 33.4 Å². The van der Waals surface area contributed by atoms with Crippen LogP contribution in [0, 0.1) is 0 Å². The molecule has 0 radical (unpaired) electrons. The van der Waals surface area contributed by atoms with E-state index in [2.05, 4.69) is 0 Å². The molecule has 1 heterocycles. The fraction of sp³-hybridized carbons (Fsp3) is 1.00. The molecule has 0 saturated carbocycles. The van der Waals surface area contributed by atoms with Crippen LogP contribution in [-0.2, 0) is 9.84 Å². The predicted molar refractivity (Wildman–Crippen MR) is 49.7 cm³/mol. The topological polar surface area (TPSA) is 34.1 Å². The van der Waals surface area contributed by atoms with E-state index in [9.17, 15) is 8.42 Å². The van der Waals surface area contributed by atoms with E-state index in [-0.39, 0.29) is 29.2 Å². The highest BCUT2D eigenvalue weighted by Crippen LogP contribution is 2.21. The molecule has 0 bridgehead atoms. The third-order valence-electron chi connectivity index (χ3n) is 2.21. The van der Waals surface area contributed by atoms with Gasteiger partial charge in [-0.15, -0.1) is 0 Å². The van der Waals surface area contributed by atoms with Gasteiger partial charge in [0.25, 0.3) is 0 Å². The van der Waals surface area contributed by atoms with Gasteiger partial charge in [-0.2, -0.15) is 0 Å². The summed E-state index contributed by atoms with van der Waals surface area (Å²) in [6.45, 7) is 0.752. The van der Waals surface area contributed by atoms with E-state index in [1.54, 1.807) is 0 Å². The van der Waals surface area contributed by atoms with Gasteiger partial charge in [-0.3, -0.25) is 0 Å². The van der Waals surface area contributed by atoms with Crippen LogP contribution in [0.1, 0.15) is 12.8 Å². The number of hydrogen-bond acceptors (Lipinski definition) is 2. The summed E-state index contributed by atoms with van der Waals surface area (Å²) < 4.78 is 23.6. The van der Waals surface area contributed by atoms with E-state index in [0.717, 1.165) is 23.9 Å². The molecule has 1 aliphatic rings. The highest BCUT2D eigenvalue weighted by Gasteiger charge is 2.35. The van der Waals surface area contributed by atoms with E-state index >= 15 is 0 Å². The third-order valence-corrected chi connectivity index (χ3v) is 4.47. The molecule has 3 nitrogen and oxygen atoms in total. The zero-order valence-electron chi connectivity index (χ0n) is 8.46. The SMILES string of the molecule is C[N+](C)(C)CC1CCCS1(=O)=O.[I-]. The van der Waals surface area contributed by atoms with Gasteiger partial charge in [0.2, 0.25) is 0 Å². The minimum absolute atomic E-state index is 0. The number of sulfone groups is 1. The van der Waals surface area contributed by atoms with Crippen molar-refractivity contribution in [2.24, 2.45) is 0 Å². The summed E-state index contributed by atoms with van der Waals surface area (Å²) in [5.74, 6) is 0.400. The average molecular weight is 319 g/mol. The molecule has 0 amide bonds. The van der Waals surface area contributed by atoms with Gasteiger partial charge >= 0.3 is 0 Å². The zero-order valence-corrected chi connectivity index (χ0v) is 11.4. The summed E-state index contributed by atoms with van der Waals surface area (Å²) in [4.78, 5) is 0. The first-order valence-corrected chi connectivity index (χ1v) is 6.05. The highest BCUT2D eigenvalue weighted by atomic mass is 127. The van der Waals surface area contributed by atoms with Crippen molar-refractivity contribution in [3.8, 4) is 0 Å². The summed E-state index contributed by atoms with van der Waals surface area (Å²) in [6, 6.07) is 0. The van der Waals surface area contributed by atoms with E-state index < -0.39 is 9.84 Å². The second-order valence-corrected chi connectivity index (χ2v) is 7.00. The first kappa shape index (κ1) is 13.6. The maximum Gasteiger partial charge on any atom is 0.158 e. The van der Waals surface area contributed by atoms with Crippen molar-refractivity contribution in [1.82, 2.24) is 0 Å². The Labute approximate surface area is 98.0 Å². The standard InChI is InChI=1S/C8H18NO2S.HI/c1-9(2,3)7-8-5-4-6-12(8,10)11;/h8H,4-7H2,1-3H3;1H/q+1;/p-1. The molecular weight excluding hydrogens is 301 g/mol. The number of nitrogens with zero attached hydrogens (tertiary/aromatic N) is 1. The molecule has 1 aliphatic heterocycles. The lowest BCUT2D eigenvalue weighted by Crippen LogP contribution is -3.00. The summed E-state index contributed by atoms with van der Waals surface area (Å²) >= 11 is 0. The molecule has 0 aromatic carbocycles. The quantitative estimate of drug-likeness (QED) is 0.409. The van der Waals surface area contributed by atoms with Crippen molar-refractivity contribution in [3.63, 3.8) is 0 Å². The van der Waals surface area contributed by atoms with Crippen molar-refractivity contribution >= 4 is 9.84 Å². The fourth-order valence-electron chi connectivity index (χ4n) is 1.67. The molecule has 1 unspecified atom stereocenters. The van der Waals surface area contributed by atoms with Crippen LogP contribution in [0.5, 0.6) is 0 Å². The normalized spacial score (nSPS) is 26.8. The molecule has 0 spiro atoms. The Hall–Kier alpha value is 0.640. The van der Waals surface area contributed by atoms with Gasteiger partial charge < -0.3 is 28.5 Å². The van der Waals surface area contributed by atoms with Crippen LogP contribution in [0.15, 0.2) is 0 Å². The van der Waals surface area contributed by atoms with E-state index in [0.29, 0.717) is 5.75 Å². The van der Waals surface area contributed by atoms with Crippen molar-refractivity contribution in [2.75, 3.05) is 33.4 Å². The smallest absolute Gasteiger partial charge is 0.158 e. The molecule has 1 atom stereocenters. The number of rotatable bonds is 2. The lowest BCUT2D eigenvalue weighted by molar-refractivity contribution is -0.869. The largest absolute Gasteiger partial charge is 1.00 e. The number of quaternary nitrogens is 1. The third kappa shape index (κ3) is 4.12. The Bertz CT molecular complexity index is 256. The minimum Gasteiger partial charge on any atom is -1.00 e. The van der Waals surface area contributed by atoms with Crippen molar-refractivity contribution in [1.29, 1.82) is 0 Å². The van der Waals surface area contributed by atoms with Gasteiger partial charge in [-0.1, -0.05) is 0 Å². The van der Waals surface area contributed by atoms with Crippen LogP contribution in [0.25, 0.3) is 0 Å². The van der Waals surface area contributed by atoms with Crippen LogP contribution in [0.4, 0.5) is 0 Å². The first-order valence-electron chi connectivity index (χ1n) is 4.33. The maximum atomic E-state index is 11.4. The predicted octanol–water partition coefficient (Wildman–Crippen LogP) is -2.73. The first-order chi connectivity index (χ1) is 5.31. The summed E-state index contributed by atoms with van der Waals surface area (Å²) in [5.41, 5.74) is 0. The monoisotopic (exact) mass is 319 g/mol. The molecule has 0 N–H and O–H groups in total. The van der Waals surface area contributed by atoms with Crippen molar-refractivity contribution in [2.45, 2.75) is 18.1 Å². The average Bonchev–Trinajstić information content (AvgIpc) is 2.07. The lowest BCUT2D eigenvalue weighted by atomic mass is 10.2. The summed E-state index contributed by atoms with van der Waals surface area (Å²) in [6.07, 6.45) is 1.71. The Kier molecular flexibility index (Phi) is 4.66. The molecule has 0 aromatic heterocycles. The highest BCUT2D eigenvalue weighted by molar-refractivity contribution is 7.92. The van der Waals surface area contributed by atoms with Gasteiger partial charge in [0.1, 0.15) is 5.25 Å². The maximum absolute atomic E-state index is 11.4. The molecular formula is C8H18INO2S. The molecule has 1 saturated heterocycles. The van der Waals surface area contributed by atoms with Crippen LogP contribution < -0.4 is 24.0 Å². The van der Waals surface area contributed by atoms with Crippen molar-refractivity contribution in [3.05, 3.63) is 0 Å². The van der Waals surface area contributed by atoms with Crippen LogP contribution >= 0.6 is 0 Å². The second kappa shape index (κ2) is 4.44. The second-order valence-electron chi connectivity index (χ2n) is 4.60. The lowest BCUT2D eigenvalue weighted by Gasteiger charge is -2.26.